The van der Waals surface area contributed by atoms with Crippen LogP contribution in [0, 0.1) is 0 Å². The van der Waals surface area contributed by atoms with E-state index in [2.05, 4.69) is 16.2 Å². The molecule has 0 amide bonds. The topological polar surface area (TPSA) is 76.2 Å². The molecule has 2 aromatic carbocycles. The number of anilines is 1. The molecule has 0 aliphatic carbocycles. The molecule has 6 heteroatoms. The molecule has 0 radical (unpaired) electrons. The number of carbonyl (C=O) groups excluding carboxylic acids is 1. The van der Waals surface area contributed by atoms with Crippen LogP contribution in [0.1, 0.15) is 22.8 Å². The Bertz CT molecular complexity index is 745. The highest BCUT2D eigenvalue weighted by Gasteiger charge is 2.02. The van der Waals surface area contributed by atoms with Crippen molar-refractivity contribution in [1.29, 1.82) is 0 Å². The van der Waals surface area contributed by atoms with Crippen molar-refractivity contribution in [3.8, 4) is 0 Å². The number of carboxylic acid groups (broad SMARTS) is 1. The summed E-state index contributed by atoms with van der Waals surface area (Å²) in [4.78, 5) is 10.9. The summed E-state index contributed by atoms with van der Waals surface area (Å²) in [6.07, 6.45) is 2.70. The molecule has 0 heterocycles. The van der Waals surface area contributed by atoms with Crippen LogP contribution in [0.25, 0.3) is 0 Å². The fourth-order valence-corrected chi connectivity index (χ4v) is 2.23. The van der Waals surface area contributed by atoms with E-state index in [0.717, 1.165) is 12.1 Å². The smallest absolute Gasteiger partial charge is 0.189 e. The molecule has 24 heavy (non-hydrogen) atoms. The second-order valence-electron chi connectivity index (χ2n) is 5.05. The van der Waals surface area contributed by atoms with Gasteiger partial charge in [-0.15, -0.1) is 0 Å². The minimum absolute atomic E-state index is 0.0916. The van der Waals surface area contributed by atoms with Gasteiger partial charge in [0.15, 0.2) is 5.11 Å². The maximum absolute atomic E-state index is 10.9. The van der Waals surface area contributed by atoms with E-state index in [1.165, 1.54) is 17.7 Å². The quantitative estimate of drug-likeness (QED) is 0.551. The number of nitrogens with one attached hydrogen (secondary N) is 3. The number of aromatic carboxylic acids is 1. The summed E-state index contributed by atoms with van der Waals surface area (Å²) in [5.74, 6) is -1.23. The maximum Gasteiger partial charge on any atom is 0.189 e. The Morgan fingerprint density at radius 2 is 1.88 bits per heavy atom. The molecule has 0 spiro atoms. The van der Waals surface area contributed by atoms with Gasteiger partial charge in [-0.3, -0.25) is 5.43 Å². The lowest BCUT2D eigenvalue weighted by atomic mass is 10.1. The molecular weight excluding hydrogens is 322 g/mol. The van der Waals surface area contributed by atoms with E-state index in [4.69, 9.17) is 12.2 Å². The van der Waals surface area contributed by atoms with Gasteiger partial charge in [0.2, 0.25) is 0 Å². The van der Waals surface area contributed by atoms with E-state index < -0.39 is 5.97 Å². The summed E-state index contributed by atoms with van der Waals surface area (Å²) in [7, 11) is 0. The Kier molecular flexibility index (Phi) is 6.33. The highest BCUT2D eigenvalue weighted by atomic mass is 32.1. The lowest BCUT2D eigenvalue weighted by Crippen LogP contribution is -2.40. The molecule has 0 aromatic heterocycles. The van der Waals surface area contributed by atoms with Gasteiger partial charge in [0.05, 0.1) is 5.97 Å². The van der Waals surface area contributed by atoms with Crippen LogP contribution in [0.5, 0.6) is 0 Å². The van der Waals surface area contributed by atoms with Crippen LogP contribution in [-0.4, -0.2) is 11.1 Å². The van der Waals surface area contributed by atoms with Gasteiger partial charge < -0.3 is 20.6 Å². The second kappa shape index (κ2) is 8.69. The first kappa shape index (κ1) is 17.5. The first-order chi connectivity index (χ1) is 11.6. The monoisotopic (exact) mass is 340 g/mol. The molecule has 0 atom stereocenters. The van der Waals surface area contributed by atoms with Crippen LogP contribution in [0.15, 0.2) is 66.4 Å². The largest absolute Gasteiger partial charge is 0.545 e. The number of hydrazine groups is 1. The number of carboxylic acids is 1. The van der Waals surface area contributed by atoms with E-state index >= 15 is 0 Å². The van der Waals surface area contributed by atoms with Gasteiger partial charge in [-0.2, -0.15) is 0 Å². The van der Waals surface area contributed by atoms with E-state index in [1.54, 1.807) is 12.1 Å². The first-order valence-electron chi connectivity index (χ1n) is 7.42. The maximum atomic E-state index is 10.9. The molecule has 0 aliphatic rings. The van der Waals surface area contributed by atoms with Crippen molar-refractivity contribution >= 4 is 29.0 Å². The van der Waals surface area contributed by atoms with Gasteiger partial charge in [-0.25, -0.2) is 0 Å². The Balaban J connectivity index is 1.88. The Morgan fingerprint density at radius 3 is 2.54 bits per heavy atom. The number of allylic oxidation sites excluding steroid dienone is 2. The van der Waals surface area contributed by atoms with Gasteiger partial charge in [0, 0.05) is 17.8 Å². The average Bonchev–Trinajstić information content (AvgIpc) is 2.59. The van der Waals surface area contributed by atoms with E-state index in [0.29, 0.717) is 10.8 Å². The van der Waals surface area contributed by atoms with Crippen molar-refractivity contribution in [2.24, 2.45) is 0 Å². The van der Waals surface area contributed by atoms with Crippen LogP contribution in [-0.2, 0) is 6.42 Å². The molecule has 124 valence electrons. The van der Waals surface area contributed by atoms with Gasteiger partial charge in [-0.1, -0.05) is 48.5 Å². The van der Waals surface area contributed by atoms with Crippen molar-refractivity contribution in [2.45, 2.75) is 13.3 Å². The van der Waals surface area contributed by atoms with Crippen molar-refractivity contribution in [3.05, 3.63) is 77.5 Å². The molecule has 0 aliphatic heterocycles. The summed E-state index contributed by atoms with van der Waals surface area (Å²) in [6, 6.07) is 16.3. The molecule has 5 nitrogen and oxygen atoms in total. The number of rotatable bonds is 6. The minimum atomic E-state index is -1.23. The lowest BCUT2D eigenvalue weighted by Gasteiger charge is -2.15. The third-order valence-electron chi connectivity index (χ3n) is 3.28. The number of hydrogen-bond acceptors (Lipinski definition) is 4. The first-order valence-corrected chi connectivity index (χ1v) is 7.83. The predicted molar refractivity (Wildman–Crippen MR) is 97.2 cm³/mol. The number of thiocarbonyl (C=S) groups is 1. The summed E-state index contributed by atoms with van der Waals surface area (Å²) in [5.41, 5.74) is 8.75. The molecule has 0 unspecified atom stereocenters. The fraction of sp³-hybridized carbons (Fsp3) is 0.111. The summed E-state index contributed by atoms with van der Waals surface area (Å²) in [6.45, 7) is 1.94. The zero-order valence-corrected chi connectivity index (χ0v) is 14.0. The highest BCUT2D eigenvalue weighted by Crippen LogP contribution is 2.10. The number of carbonyl (C=O) groups is 1. The van der Waals surface area contributed by atoms with Gasteiger partial charge >= 0.3 is 0 Å². The van der Waals surface area contributed by atoms with Crippen LogP contribution < -0.4 is 21.3 Å². The molecule has 2 rings (SSSR count). The average molecular weight is 340 g/mol. The van der Waals surface area contributed by atoms with Crippen LogP contribution >= 0.6 is 12.2 Å². The van der Waals surface area contributed by atoms with Gasteiger partial charge in [0.25, 0.3) is 0 Å². The highest BCUT2D eigenvalue weighted by molar-refractivity contribution is 7.80. The molecule has 2 aromatic rings. The molecule has 0 saturated heterocycles. The molecular formula is C18H18N3O2S-. The lowest BCUT2D eigenvalue weighted by molar-refractivity contribution is -0.255. The molecule has 0 saturated carbocycles. The molecule has 0 bridgehead atoms. The third kappa shape index (κ3) is 5.40. The van der Waals surface area contributed by atoms with Gasteiger partial charge in [0.1, 0.15) is 0 Å². The normalized spacial score (nSPS) is 10.8. The van der Waals surface area contributed by atoms with Crippen molar-refractivity contribution < 1.29 is 9.90 Å². The standard InChI is InChI=1S/C18H19N3O2S/c1-2-15(11-13-7-4-3-5-8-13)20-21-18(24)19-16-10-6-9-14(12-16)17(22)23/h2-10,12,20H,11H2,1H3,(H,22,23)(H2,19,21,24)/p-1. The molecule has 0 fully saturated rings. The third-order valence-corrected chi connectivity index (χ3v) is 3.48. The summed E-state index contributed by atoms with van der Waals surface area (Å²) < 4.78 is 0. The van der Waals surface area contributed by atoms with E-state index in [9.17, 15) is 9.90 Å². The van der Waals surface area contributed by atoms with Crippen LogP contribution in [0.2, 0.25) is 0 Å². The van der Waals surface area contributed by atoms with Gasteiger partial charge in [-0.05, 0) is 42.4 Å². The van der Waals surface area contributed by atoms with Crippen molar-refractivity contribution in [3.63, 3.8) is 0 Å². The zero-order valence-electron chi connectivity index (χ0n) is 13.2. The van der Waals surface area contributed by atoms with Crippen LogP contribution in [0.4, 0.5) is 5.69 Å². The Hall–Kier alpha value is -2.86. The summed E-state index contributed by atoms with van der Waals surface area (Å²) >= 11 is 5.20. The zero-order chi connectivity index (χ0) is 17.4. The van der Waals surface area contributed by atoms with E-state index in [1.807, 2.05) is 43.3 Å². The minimum Gasteiger partial charge on any atom is -0.545 e. The second-order valence-corrected chi connectivity index (χ2v) is 5.46. The van der Waals surface area contributed by atoms with Crippen LogP contribution in [0.3, 0.4) is 0 Å². The molecule has 3 N–H and O–H groups in total. The SMILES string of the molecule is CC=C(Cc1ccccc1)NNC(=S)Nc1cccc(C(=O)[O-])c1. The Morgan fingerprint density at radius 1 is 1.12 bits per heavy atom. The summed E-state index contributed by atoms with van der Waals surface area (Å²) in [5, 5.41) is 14.1. The number of hydrogen-bond donors (Lipinski definition) is 3. The number of benzene rings is 2. The van der Waals surface area contributed by atoms with E-state index in [-0.39, 0.29) is 5.56 Å². The fourth-order valence-electron chi connectivity index (χ4n) is 2.06. The Labute approximate surface area is 146 Å². The predicted octanol–water partition coefficient (Wildman–Crippen LogP) is 1.99. The van der Waals surface area contributed by atoms with Crippen molar-refractivity contribution in [1.82, 2.24) is 10.9 Å². The van der Waals surface area contributed by atoms with Crippen molar-refractivity contribution in [2.75, 3.05) is 5.32 Å².